The highest BCUT2D eigenvalue weighted by Gasteiger charge is 2.15. The minimum atomic E-state index is -0.359. The highest BCUT2D eigenvalue weighted by atomic mass is 16.6. The molecule has 0 aliphatic carbocycles. The van der Waals surface area contributed by atoms with Gasteiger partial charge in [0, 0.05) is 18.2 Å². The van der Waals surface area contributed by atoms with E-state index in [4.69, 9.17) is 0 Å². The van der Waals surface area contributed by atoms with E-state index in [1.807, 2.05) is 12.1 Å². The van der Waals surface area contributed by atoms with Gasteiger partial charge in [0.1, 0.15) is 0 Å². The van der Waals surface area contributed by atoms with Crippen LogP contribution in [0.5, 0.6) is 0 Å². The van der Waals surface area contributed by atoms with Crippen LogP contribution < -0.4 is 5.32 Å². The summed E-state index contributed by atoms with van der Waals surface area (Å²) in [6.45, 7) is 7.46. The molecule has 1 N–H and O–H groups in total. The summed E-state index contributed by atoms with van der Waals surface area (Å²) in [6.07, 6.45) is 2.06. The Morgan fingerprint density at radius 1 is 1.28 bits per heavy atom. The molecule has 1 aromatic carbocycles. The average molecular weight is 250 g/mol. The fourth-order valence-corrected chi connectivity index (χ4v) is 2.22. The maximum Gasteiger partial charge on any atom is 0.269 e. The van der Waals surface area contributed by atoms with E-state index in [2.05, 4.69) is 26.1 Å². The number of nitrogens with one attached hydrogen (secondary N) is 1. The standard InChI is InChI=1S/C14H22N2O2/c1-4-13(11(3)15-5-2)10-12-6-8-14(9-7-12)16(17)18/h6-9,11,13,15H,4-5,10H2,1-3H3. The van der Waals surface area contributed by atoms with Crippen molar-refractivity contribution in [3.05, 3.63) is 39.9 Å². The van der Waals surface area contributed by atoms with E-state index in [9.17, 15) is 10.1 Å². The predicted octanol–water partition coefficient (Wildman–Crippen LogP) is 3.16. The molecular formula is C14H22N2O2. The van der Waals surface area contributed by atoms with Crippen molar-refractivity contribution in [1.82, 2.24) is 5.32 Å². The Labute approximate surface area is 109 Å². The Morgan fingerprint density at radius 3 is 2.33 bits per heavy atom. The summed E-state index contributed by atoms with van der Waals surface area (Å²) in [5.74, 6) is 0.561. The van der Waals surface area contributed by atoms with Crippen LogP contribution in [0.25, 0.3) is 0 Å². The van der Waals surface area contributed by atoms with Crippen LogP contribution in [0.1, 0.15) is 32.8 Å². The molecule has 0 radical (unpaired) electrons. The van der Waals surface area contributed by atoms with Gasteiger partial charge in [-0.25, -0.2) is 0 Å². The van der Waals surface area contributed by atoms with Gasteiger partial charge in [-0.05, 0) is 31.4 Å². The molecule has 4 heteroatoms. The van der Waals surface area contributed by atoms with Crippen molar-refractivity contribution in [1.29, 1.82) is 0 Å². The Balaban J connectivity index is 2.67. The number of rotatable bonds is 7. The Hall–Kier alpha value is -1.42. The third-order valence-electron chi connectivity index (χ3n) is 3.40. The first-order chi connectivity index (χ1) is 8.58. The third-order valence-corrected chi connectivity index (χ3v) is 3.40. The topological polar surface area (TPSA) is 55.2 Å². The van der Waals surface area contributed by atoms with Gasteiger partial charge < -0.3 is 5.32 Å². The maximum absolute atomic E-state index is 10.6. The van der Waals surface area contributed by atoms with Gasteiger partial charge in [-0.1, -0.05) is 32.4 Å². The first kappa shape index (κ1) is 14.6. The minimum absolute atomic E-state index is 0.159. The molecule has 4 nitrogen and oxygen atoms in total. The second-order valence-electron chi connectivity index (χ2n) is 4.64. The summed E-state index contributed by atoms with van der Waals surface area (Å²) in [5.41, 5.74) is 1.32. The summed E-state index contributed by atoms with van der Waals surface area (Å²) in [7, 11) is 0. The van der Waals surface area contributed by atoms with Crippen LogP contribution in [0.15, 0.2) is 24.3 Å². The van der Waals surface area contributed by atoms with Crippen LogP contribution in [-0.2, 0) is 6.42 Å². The lowest BCUT2D eigenvalue weighted by atomic mass is 9.91. The smallest absolute Gasteiger partial charge is 0.269 e. The molecule has 18 heavy (non-hydrogen) atoms. The first-order valence-electron chi connectivity index (χ1n) is 6.55. The van der Waals surface area contributed by atoms with E-state index in [-0.39, 0.29) is 10.6 Å². The molecule has 1 aromatic rings. The molecule has 0 amide bonds. The van der Waals surface area contributed by atoms with E-state index in [1.165, 1.54) is 0 Å². The number of nitrogens with zero attached hydrogens (tertiary/aromatic N) is 1. The lowest BCUT2D eigenvalue weighted by molar-refractivity contribution is -0.384. The van der Waals surface area contributed by atoms with Crippen LogP contribution >= 0.6 is 0 Å². The first-order valence-corrected chi connectivity index (χ1v) is 6.55. The molecular weight excluding hydrogens is 228 g/mol. The van der Waals surface area contributed by atoms with Crippen LogP contribution in [0.2, 0.25) is 0 Å². The predicted molar refractivity (Wildman–Crippen MR) is 73.7 cm³/mol. The Kier molecular flexibility index (Phi) is 5.78. The van der Waals surface area contributed by atoms with Crippen molar-refractivity contribution in [2.24, 2.45) is 5.92 Å². The van der Waals surface area contributed by atoms with Crippen LogP contribution in [0.3, 0.4) is 0 Å². The molecule has 1 rings (SSSR count). The molecule has 0 aliphatic rings. The van der Waals surface area contributed by atoms with Crippen molar-refractivity contribution < 1.29 is 4.92 Å². The molecule has 0 heterocycles. The maximum atomic E-state index is 10.6. The number of hydrogen-bond donors (Lipinski definition) is 1. The summed E-state index contributed by atoms with van der Waals surface area (Å²) in [6, 6.07) is 7.36. The van der Waals surface area contributed by atoms with Gasteiger partial charge in [-0.3, -0.25) is 10.1 Å². The fraction of sp³-hybridized carbons (Fsp3) is 0.571. The van der Waals surface area contributed by atoms with Gasteiger partial charge in [-0.15, -0.1) is 0 Å². The molecule has 0 fully saturated rings. The molecule has 0 aromatic heterocycles. The van der Waals surface area contributed by atoms with Gasteiger partial charge in [0.05, 0.1) is 4.92 Å². The number of nitro groups is 1. The van der Waals surface area contributed by atoms with Gasteiger partial charge in [0.15, 0.2) is 0 Å². The van der Waals surface area contributed by atoms with Crippen molar-refractivity contribution in [2.45, 2.75) is 39.7 Å². The molecule has 0 aliphatic heterocycles. The zero-order valence-electron chi connectivity index (χ0n) is 11.3. The normalized spacial score (nSPS) is 14.2. The largest absolute Gasteiger partial charge is 0.314 e. The quantitative estimate of drug-likeness (QED) is 0.597. The minimum Gasteiger partial charge on any atom is -0.314 e. The number of benzene rings is 1. The highest BCUT2D eigenvalue weighted by Crippen LogP contribution is 2.18. The zero-order valence-corrected chi connectivity index (χ0v) is 11.3. The lowest BCUT2D eigenvalue weighted by Gasteiger charge is -2.23. The number of hydrogen-bond acceptors (Lipinski definition) is 3. The molecule has 2 unspecified atom stereocenters. The van der Waals surface area contributed by atoms with Gasteiger partial charge in [0.25, 0.3) is 5.69 Å². The molecule has 100 valence electrons. The van der Waals surface area contributed by atoms with Crippen molar-refractivity contribution >= 4 is 5.69 Å². The SMILES string of the molecule is CCNC(C)C(CC)Cc1ccc([N+](=O)[O-])cc1. The Bertz CT molecular complexity index is 376. The molecule has 0 saturated carbocycles. The fourth-order valence-electron chi connectivity index (χ4n) is 2.22. The van der Waals surface area contributed by atoms with Crippen LogP contribution in [0.4, 0.5) is 5.69 Å². The summed E-state index contributed by atoms with van der Waals surface area (Å²) in [5, 5.41) is 14.0. The van der Waals surface area contributed by atoms with Gasteiger partial charge in [0.2, 0.25) is 0 Å². The van der Waals surface area contributed by atoms with Crippen molar-refractivity contribution in [3.8, 4) is 0 Å². The van der Waals surface area contributed by atoms with E-state index in [0.717, 1.165) is 24.9 Å². The summed E-state index contributed by atoms with van der Waals surface area (Å²) >= 11 is 0. The molecule has 2 atom stereocenters. The second kappa shape index (κ2) is 7.11. The van der Waals surface area contributed by atoms with Gasteiger partial charge in [-0.2, -0.15) is 0 Å². The zero-order chi connectivity index (χ0) is 13.5. The number of non-ortho nitro benzene ring substituents is 1. The molecule has 0 bridgehead atoms. The third kappa shape index (κ3) is 4.11. The monoisotopic (exact) mass is 250 g/mol. The Morgan fingerprint density at radius 2 is 1.89 bits per heavy atom. The second-order valence-corrected chi connectivity index (χ2v) is 4.64. The lowest BCUT2D eigenvalue weighted by Crippen LogP contribution is -2.34. The molecule has 0 saturated heterocycles. The highest BCUT2D eigenvalue weighted by molar-refractivity contribution is 5.33. The summed E-state index contributed by atoms with van der Waals surface area (Å²) < 4.78 is 0. The van der Waals surface area contributed by atoms with Crippen molar-refractivity contribution in [3.63, 3.8) is 0 Å². The molecule has 0 spiro atoms. The van der Waals surface area contributed by atoms with E-state index < -0.39 is 0 Å². The van der Waals surface area contributed by atoms with E-state index in [0.29, 0.717) is 12.0 Å². The van der Waals surface area contributed by atoms with E-state index in [1.54, 1.807) is 12.1 Å². The van der Waals surface area contributed by atoms with Crippen molar-refractivity contribution in [2.75, 3.05) is 6.54 Å². The summed E-state index contributed by atoms with van der Waals surface area (Å²) in [4.78, 5) is 10.2. The van der Waals surface area contributed by atoms with Gasteiger partial charge >= 0.3 is 0 Å². The van der Waals surface area contributed by atoms with Crippen LogP contribution in [-0.4, -0.2) is 17.5 Å². The average Bonchev–Trinajstić information content (AvgIpc) is 2.36. The van der Waals surface area contributed by atoms with E-state index >= 15 is 0 Å². The number of nitro benzene ring substituents is 1. The van der Waals surface area contributed by atoms with Crippen LogP contribution in [0, 0.1) is 16.0 Å².